The number of fused-ring (bicyclic) bond motifs is 1. The summed E-state index contributed by atoms with van der Waals surface area (Å²) in [5.74, 6) is 2.08. The molecule has 0 saturated carbocycles. The number of aromatic nitrogens is 3. The molecule has 7 heteroatoms. The first-order chi connectivity index (χ1) is 16.2. The van der Waals surface area contributed by atoms with Crippen molar-refractivity contribution in [3.8, 4) is 0 Å². The number of hydrogen-bond acceptors (Lipinski definition) is 6. The summed E-state index contributed by atoms with van der Waals surface area (Å²) in [4.78, 5) is 41.1. The summed E-state index contributed by atoms with van der Waals surface area (Å²) in [6.45, 7) is 9.75. The van der Waals surface area contributed by atoms with Gasteiger partial charge in [-0.2, -0.15) is 0 Å². The first-order valence-electron chi connectivity index (χ1n) is 11.6. The molecule has 1 atom stereocenters. The quantitative estimate of drug-likeness (QED) is 0.496. The van der Waals surface area contributed by atoms with Crippen LogP contribution in [0.2, 0.25) is 0 Å². The number of amides is 1. The zero-order valence-corrected chi connectivity index (χ0v) is 21.2. The van der Waals surface area contributed by atoms with Crippen molar-refractivity contribution in [3.63, 3.8) is 0 Å². The lowest BCUT2D eigenvalue weighted by Gasteiger charge is -2.33. The predicted octanol–water partition coefficient (Wildman–Crippen LogP) is 5.18. The minimum Gasteiger partial charge on any atom is -0.310 e. The zero-order valence-electron chi connectivity index (χ0n) is 20.4. The van der Waals surface area contributed by atoms with E-state index in [0.717, 1.165) is 34.0 Å². The Morgan fingerprint density at radius 1 is 1.09 bits per heavy atom. The lowest BCUT2D eigenvalue weighted by Crippen LogP contribution is -2.39. The normalized spacial score (nSPS) is 17.4. The van der Waals surface area contributed by atoms with Gasteiger partial charge in [0.25, 0.3) is 0 Å². The van der Waals surface area contributed by atoms with Crippen LogP contribution in [0.1, 0.15) is 64.7 Å². The van der Waals surface area contributed by atoms with Crippen LogP contribution in [0.3, 0.4) is 0 Å². The molecule has 3 aromatic rings. The van der Waals surface area contributed by atoms with Gasteiger partial charge in [-0.1, -0.05) is 19.1 Å². The standard InChI is InChI=1S/C27H30N4O2S/c1-6-34-20-9-7-19(8-10-20)15-24(32)31-23-13-16(2)25-21(30-23)11-12-27(5,26(25)33)22-14-17(3)28-18(4)29-22/h7-10,13-14H,6,11-12,15H2,1-5H3,(H,30,31,32). The Labute approximate surface area is 205 Å². The fourth-order valence-electron chi connectivity index (χ4n) is 4.54. The fourth-order valence-corrected chi connectivity index (χ4v) is 5.20. The molecule has 1 unspecified atom stereocenters. The Morgan fingerprint density at radius 2 is 1.82 bits per heavy atom. The second kappa shape index (κ2) is 9.66. The number of anilines is 1. The number of carbonyl (C=O) groups excluding carboxylic acids is 2. The van der Waals surface area contributed by atoms with E-state index in [1.165, 1.54) is 4.90 Å². The average molecular weight is 475 g/mol. The molecule has 0 aliphatic heterocycles. The third-order valence-electron chi connectivity index (χ3n) is 6.28. The number of Topliss-reactive ketones (excluding diaryl/α,β-unsaturated/α-hetero) is 1. The largest absolute Gasteiger partial charge is 0.310 e. The summed E-state index contributed by atoms with van der Waals surface area (Å²) >= 11 is 1.77. The van der Waals surface area contributed by atoms with Crippen LogP contribution < -0.4 is 5.32 Å². The Kier molecular flexibility index (Phi) is 6.84. The van der Waals surface area contributed by atoms with Crippen molar-refractivity contribution in [1.29, 1.82) is 0 Å². The lowest BCUT2D eigenvalue weighted by atomic mass is 9.70. The van der Waals surface area contributed by atoms with Gasteiger partial charge in [0.2, 0.25) is 5.91 Å². The summed E-state index contributed by atoms with van der Waals surface area (Å²) < 4.78 is 0. The molecule has 0 radical (unpaired) electrons. The molecule has 0 saturated heterocycles. The van der Waals surface area contributed by atoms with E-state index in [-0.39, 0.29) is 18.1 Å². The molecular formula is C27H30N4O2S. The highest BCUT2D eigenvalue weighted by Crippen LogP contribution is 2.38. The van der Waals surface area contributed by atoms with Crippen LogP contribution in [-0.4, -0.2) is 32.4 Å². The molecule has 34 heavy (non-hydrogen) atoms. The molecule has 176 valence electrons. The van der Waals surface area contributed by atoms with E-state index in [9.17, 15) is 9.59 Å². The van der Waals surface area contributed by atoms with Crippen molar-refractivity contribution in [3.05, 3.63) is 76.0 Å². The highest BCUT2D eigenvalue weighted by molar-refractivity contribution is 7.99. The molecule has 1 aromatic carbocycles. The molecule has 0 bridgehead atoms. The number of benzene rings is 1. The Balaban J connectivity index is 1.53. The first-order valence-corrected chi connectivity index (χ1v) is 12.6. The number of ketones is 1. The van der Waals surface area contributed by atoms with E-state index in [4.69, 9.17) is 0 Å². The molecule has 0 fully saturated rings. The summed E-state index contributed by atoms with van der Waals surface area (Å²) in [6.07, 6.45) is 1.53. The van der Waals surface area contributed by atoms with Gasteiger partial charge in [-0.15, -0.1) is 11.8 Å². The summed E-state index contributed by atoms with van der Waals surface area (Å²) in [6, 6.07) is 11.7. The average Bonchev–Trinajstić information content (AvgIpc) is 2.77. The van der Waals surface area contributed by atoms with Crippen molar-refractivity contribution in [2.24, 2.45) is 0 Å². The van der Waals surface area contributed by atoms with Crippen LogP contribution in [-0.2, 0) is 23.1 Å². The van der Waals surface area contributed by atoms with Crippen molar-refractivity contribution in [1.82, 2.24) is 15.0 Å². The number of nitrogens with zero attached hydrogens (tertiary/aromatic N) is 3. The number of nitrogens with one attached hydrogen (secondary N) is 1. The topological polar surface area (TPSA) is 84.8 Å². The van der Waals surface area contributed by atoms with Crippen molar-refractivity contribution in [2.45, 2.75) is 64.2 Å². The molecule has 1 aliphatic carbocycles. The maximum absolute atomic E-state index is 13.6. The number of aryl methyl sites for hydroxylation is 4. The van der Waals surface area contributed by atoms with Crippen LogP contribution in [0.5, 0.6) is 0 Å². The van der Waals surface area contributed by atoms with Gasteiger partial charge in [-0.25, -0.2) is 15.0 Å². The molecular weight excluding hydrogens is 444 g/mol. The van der Waals surface area contributed by atoms with E-state index < -0.39 is 5.41 Å². The number of carbonyl (C=O) groups is 2. The van der Waals surface area contributed by atoms with E-state index >= 15 is 0 Å². The van der Waals surface area contributed by atoms with E-state index in [2.05, 4.69) is 27.2 Å². The molecule has 6 nitrogen and oxygen atoms in total. The van der Waals surface area contributed by atoms with Gasteiger partial charge < -0.3 is 5.32 Å². The Morgan fingerprint density at radius 3 is 2.50 bits per heavy atom. The SMILES string of the molecule is CCSc1ccc(CC(=O)Nc2cc(C)c3c(n2)CCC(C)(c2cc(C)nc(C)n2)C3=O)cc1. The van der Waals surface area contributed by atoms with Crippen LogP contribution in [0.25, 0.3) is 0 Å². The second-order valence-electron chi connectivity index (χ2n) is 9.05. The van der Waals surface area contributed by atoms with Gasteiger partial charge in [0.15, 0.2) is 5.78 Å². The summed E-state index contributed by atoms with van der Waals surface area (Å²) in [5, 5.41) is 2.92. The number of rotatable bonds is 6. The molecule has 1 N–H and O–H groups in total. The van der Waals surface area contributed by atoms with Crippen LogP contribution in [0.4, 0.5) is 5.82 Å². The van der Waals surface area contributed by atoms with E-state index in [1.807, 2.05) is 58.0 Å². The van der Waals surface area contributed by atoms with Crippen LogP contribution in [0, 0.1) is 20.8 Å². The number of thioether (sulfide) groups is 1. The first kappa shape index (κ1) is 24.1. The van der Waals surface area contributed by atoms with Crippen molar-refractivity contribution < 1.29 is 9.59 Å². The van der Waals surface area contributed by atoms with Gasteiger partial charge in [0.1, 0.15) is 11.6 Å². The molecule has 1 amide bonds. The molecule has 4 rings (SSSR count). The number of pyridine rings is 1. The van der Waals surface area contributed by atoms with Gasteiger partial charge in [0, 0.05) is 16.2 Å². The zero-order chi connectivity index (χ0) is 24.5. The minimum atomic E-state index is -0.717. The molecule has 2 aromatic heterocycles. The van der Waals surface area contributed by atoms with Gasteiger partial charge >= 0.3 is 0 Å². The molecule has 2 heterocycles. The van der Waals surface area contributed by atoms with Crippen molar-refractivity contribution in [2.75, 3.05) is 11.1 Å². The highest BCUT2D eigenvalue weighted by Gasteiger charge is 2.42. The minimum absolute atomic E-state index is 0.0270. The van der Waals surface area contributed by atoms with Crippen LogP contribution in [0.15, 0.2) is 41.3 Å². The third kappa shape index (κ3) is 4.89. The summed E-state index contributed by atoms with van der Waals surface area (Å²) in [7, 11) is 0. The smallest absolute Gasteiger partial charge is 0.229 e. The van der Waals surface area contributed by atoms with Crippen LogP contribution >= 0.6 is 11.8 Å². The van der Waals surface area contributed by atoms with E-state index in [1.54, 1.807) is 17.8 Å². The monoisotopic (exact) mass is 474 g/mol. The van der Waals surface area contributed by atoms with Gasteiger partial charge in [-0.05, 0) is 81.7 Å². The lowest BCUT2D eigenvalue weighted by molar-refractivity contribution is -0.115. The fraction of sp³-hybridized carbons (Fsp3) is 0.370. The number of hydrogen-bond donors (Lipinski definition) is 1. The van der Waals surface area contributed by atoms with E-state index in [0.29, 0.717) is 30.0 Å². The maximum Gasteiger partial charge on any atom is 0.229 e. The molecule has 0 spiro atoms. The predicted molar refractivity (Wildman–Crippen MR) is 136 cm³/mol. The maximum atomic E-state index is 13.6. The highest BCUT2D eigenvalue weighted by atomic mass is 32.2. The van der Waals surface area contributed by atoms with Gasteiger partial charge in [-0.3, -0.25) is 9.59 Å². The summed E-state index contributed by atoms with van der Waals surface area (Å²) in [5.41, 5.74) is 4.05. The third-order valence-corrected chi connectivity index (χ3v) is 7.17. The van der Waals surface area contributed by atoms with Gasteiger partial charge in [0.05, 0.1) is 23.2 Å². The Hall–Kier alpha value is -3.06. The molecule has 1 aliphatic rings. The Bertz CT molecular complexity index is 1240. The second-order valence-corrected chi connectivity index (χ2v) is 10.4. The van der Waals surface area contributed by atoms with Crippen molar-refractivity contribution >= 4 is 29.3 Å².